The van der Waals surface area contributed by atoms with Crippen molar-refractivity contribution in [3.05, 3.63) is 26.6 Å². The minimum absolute atomic E-state index is 0.0336. The molecule has 1 unspecified atom stereocenters. The van der Waals surface area contributed by atoms with E-state index in [9.17, 15) is 13.5 Å². The SMILES string of the molecule is COCC(O)CN(C)S(=O)(=O)c1cc(Br)c(C)cc1Br. The minimum Gasteiger partial charge on any atom is -0.389 e. The first-order valence-electron chi connectivity index (χ1n) is 5.79. The van der Waals surface area contributed by atoms with Crippen molar-refractivity contribution < 1.29 is 18.3 Å². The number of hydrogen-bond donors (Lipinski definition) is 1. The van der Waals surface area contributed by atoms with Gasteiger partial charge in [-0.15, -0.1) is 0 Å². The summed E-state index contributed by atoms with van der Waals surface area (Å²) in [7, 11) is -0.807. The van der Waals surface area contributed by atoms with Crippen molar-refractivity contribution in [2.75, 3.05) is 27.3 Å². The third kappa shape index (κ3) is 4.25. The van der Waals surface area contributed by atoms with Gasteiger partial charge >= 0.3 is 0 Å². The van der Waals surface area contributed by atoms with Crippen LogP contribution in [0.15, 0.2) is 26.0 Å². The van der Waals surface area contributed by atoms with Crippen LogP contribution in [0.4, 0.5) is 0 Å². The van der Waals surface area contributed by atoms with Crippen molar-refractivity contribution in [2.24, 2.45) is 0 Å². The predicted molar refractivity (Wildman–Crippen MR) is 84.3 cm³/mol. The summed E-state index contributed by atoms with van der Waals surface area (Å²) in [6.45, 7) is 1.92. The molecule has 0 amide bonds. The van der Waals surface area contributed by atoms with E-state index in [0.29, 0.717) is 8.95 Å². The molecule has 0 aliphatic heterocycles. The summed E-state index contributed by atoms with van der Waals surface area (Å²) < 4.78 is 32.1. The van der Waals surface area contributed by atoms with Crippen molar-refractivity contribution in [2.45, 2.75) is 17.9 Å². The maximum atomic E-state index is 12.5. The van der Waals surface area contributed by atoms with Crippen LogP contribution in [-0.4, -0.2) is 51.2 Å². The number of aliphatic hydroxyl groups excluding tert-OH is 1. The Morgan fingerprint density at radius 2 is 1.95 bits per heavy atom. The highest BCUT2D eigenvalue weighted by atomic mass is 79.9. The molecule has 114 valence electrons. The zero-order valence-electron chi connectivity index (χ0n) is 11.4. The van der Waals surface area contributed by atoms with E-state index < -0.39 is 16.1 Å². The monoisotopic (exact) mass is 429 g/mol. The van der Waals surface area contributed by atoms with E-state index in [4.69, 9.17) is 4.74 Å². The lowest BCUT2D eigenvalue weighted by Crippen LogP contribution is -2.36. The van der Waals surface area contributed by atoms with Gasteiger partial charge in [0.1, 0.15) is 0 Å². The standard InChI is InChI=1S/C12H17Br2NO4S/c1-8-4-11(14)12(5-10(8)13)20(17,18)15(2)6-9(16)7-19-3/h4-5,9,16H,6-7H2,1-3H3. The summed E-state index contributed by atoms with van der Waals surface area (Å²) >= 11 is 6.59. The van der Waals surface area contributed by atoms with Crippen LogP contribution in [0.1, 0.15) is 5.56 Å². The molecule has 20 heavy (non-hydrogen) atoms. The lowest BCUT2D eigenvalue weighted by atomic mass is 10.2. The molecule has 0 aliphatic carbocycles. The zero-order valence-corrected chi connectivity index (χ0v) is 15.4. The molecule has 0 aliphatic rings. The third-order valence-corrected chi connectivity index (χ3v) is 6.36. The predicted octanol–water partition coefficient (Wildman–Crippen LogP) is 2.15. The Balaban J connectivity index is 3.07. The minimum atomic E-state index is -3.68. The third-order valence-electron chi connectivity index (χ3n) is 2.73. The van der Waals surface area contributed by atoms with E-state index in [1.165, 1.54) is 14.2 Å². The Kier molecular flexibility index (Phi) is 6.62. The van der Waals surface area contributed by atoms with Crippen molar-refractivity contribution in [1.82, 2.24) is 4.31 Å². The van der Waals surface area contributed by atoms with E-state index in [1.54, 1.807) is 12.1 Å². The van der Waals surface area contributed by atoms with Crippen LogP contribution in [0.25, 0.3) is 0 Å². The van der Waals surface area contributed by atoms with Gasteiger partial charge in [-0.05, 0) is 40.5 Å². The Hall–Kier alpha value is 0.01000. The lowest BCUT2D eigenvalue weighted by Gasteiger charge is -2.21. The summed E-state index contributed by atoms with van der Waals surface area (Å²) in [5.74, 6) is 0. The van der Waals surface area contributed by atoms with E-state index in [-0.39, 0.29) is 18.0 Å². The Labute approximate surface area is 136 Å². The molecule has 8 heteroatoms. The Bertz CT molecular complexity index is 577. The van der Waals surface area contributed by atoms with E-state index in [2.05, 4.69) is 31.9 Å². The normalized spacial score (nSPS) is 13.8. The first-order valence-corrected chi connectivity index (χ1v) is 8.81. The molecule has 0 spiro atoms. The summed E-state index contributed by atoms with van der Waals surface area (Å²) in [6.07, 6.45) is -0.868. The second-order valence-electron chi connectivity index (χ2n) is 4.43. The van der Waals surface area contributed by atoms with Crippen molar-refractivity contribution >= 4 is 41.9 Å². The lowest BCUT2D eigenvalue weighted by molar-refractivity contribution is 0.0554. The van der Waals surface area contributed by atoms with Crippen molar-refractivity contribution in [3.8, 4) is 0 Å². The highest BCUT2D eigenvalue weighted by Gasteiger charge is 2.26. The number of sulfonamides is 1. The number of likely N-dealkylation sites (N-methyl/N-ethyl adjacent to an activating group) is 1. The second-order valence-corrected chi connectivity index (χ2v) is 8.15. The van der Waals surface area contributed by atoms with Gasteiger partial charge in [0, 0.05) is 29.6 Å². The number of benzene rings is 1. The smallest absolute Gasteiger partial charge is 0.244 e. The van der Waals surface area contributed by atoms with Crippen LogP contribution in [0, 0.1) is 6.92 Å². The average molecular weight is 431 g/mol. The topological polar surface area (TPSA) is 66.8 Å². The molecule has 0 radical (unpaired) electrons. The molecule has 1 aromatic carbocycles. The van der Waals surface area contributed by atoms with Crippen LogP contribution in [0.3, 0.4) is 0 Å². The van der Waals surface area contributed by atoms with Crippen LogP contribution < -0.4 is 0 Å². The second kappa shape index (κ2) is 7.33. The maximum Gasteiger partial charge on any atom is 0.244 e. The van der Waals surface area contributed by atoms with Crippen LogP contribution >= 0.6 is 31.9 Å². The Morgan fingerprint density at radius 3 is 2.50 bits per heavy atom. The number of rotatable bonds is 6. The summed E-state index contributed by atoms with van der Waals surface area (Å²) in [5, 5.41) is 9.65. The quantitative estimate of drug-likeness (QED) is 0.750. The van der Waals surface area contributed by atoms with Crippen LogP contribution in [-0.2, 0) is 14.8 Å². The molecule has 0 bridgehead atoms. The maximum absolute atomic E-state index is 12.5. The summed E-state index contributed by atoms with van der Waals surface area (Å²) in [4.78, 5) is 0.155. The number of nitrogens with zero attached hydrogens (tertiary/aromatic N) is 1. The van der Waals surface area contributed by atoms with Crippen LogP contribution in [0.2, 0.25) is 0 Å². The van der Waals surface area contributed by atoms with E-state index in [1.807, 2.05) is 6.92 Å². The highest BCUT2D eigenvalue weighted by Crippen LogP contribution is 2.30. The van der Waals surface area contributed by atoms with Gasteiger partial charge in [0.15, 0.2) is 0 Å². The van der Waals surface area contributed by atoms with Gasteiger partial charge in [0.2, 0.25) is 10.0 Å². The van der Waals surface area contributed by atoms with Gasteiger partial charge in [-0.2, -0.15) is 4.31 Å². The number of methoxy groups -OCH3 is 1. The molecule has 0 aromatic heterocycles. The van der Waals surface area contributed by atoms with Gasteiger partial charge in [-0.1, -0.05) is 15.9 Å². The van der Waals surface area contributed by atoms with Gasteiger partial charge in [0.05, 0.1) is 17.6 Å². The molecule has 1 aromatic rings. The number of aryl methyl sites for hydroxylation is 1. The summed E-state index contributed by atoms with van der Waals surface area (Å²) in [5.41, 5.74) is 0.929. The van der Waals surface area contributed by atoms with Crippen LogP contribution in [0.5, 0.6) is 0 Å². The molecule has 0 fully saturated rings. The number of ether oxygens (including phenoxy) is 1. The fourth-order valence-electron chi connectivity index (χ4n) is 1.63. The molecular weight excluding hydrogens is 414 g/mol. The molecular formula is C12H17Br2NO4S. The van der Waals surface area contributed by atoms with E-state index >= 15 is 0 Å². The van der Waals surface area contributed by atoms with Gasteiger partial charge in [0.25, 0.3) is 0 Å². The van der Waals surface area contributed by atoms with Crippen molar-refractivity contribution in [1.29, 1.82) is 0 Å². The fourth-order valence-corrected chi connectivity index (χ4v) is 4.48. The number of hydrogen-bond acceptors (Lipinski definition) is 4. The first-order chi connectivity index (χ1) is 9.20. The van der Waals surface area contributed by atoms with Gasteiger partial charge in [-0.25, -0.2) is 8.42 Å². The van der Waals surface area contributed by atoms with Gasteiger partial charge < -0.3 is 9.84 Å². The largest absolute Gasteiger partial charge is 0.389 e. The van der Waals surface area contributed by atoms with Crippen molar-refractivity contribution in [3.63, 3.8) is 0 Å². The molecule has 0 saturated carbocycles. The molecule has 0 saturated heterocycles. The first kappa shape index (κ1) is 18.1. The molecule has 0 heterocycles. The van der Waals surface area contributed by atoms with E-state index in [0.717, 1.165) is 9.87 Å². The molecule has 1 rings (SSSR count). The Morgan fingerprint density at radius 1 is 1.35 bits per heavy atom. The fraction of sp³-hybridized carbons (Fsp3) is 0.500. The molecule has 1 atom stereocenters. The average Bonchev–Trinajstić information content (AvgIpc) is 2.33. The molecule has 1 N–H and O–H groups in total. The number of halogens is 2. The summed E-state index contributed by atoms with van der Waals surface area (Å²) in [6, 6.07) is 3.28. The zero-order chi connectivity index (χ0) is 15.5. The molecule has 5 nitrogen and oxygen atoms in total. The highest BCUT2D eigenvalue weighted by molar-refractivity contribution is 9.11. The number of aliphatic hydroxyl groups is 1. The van der Waals surface area contributed by atoms with Gasteiger partial charge in [-0.3, -0.25) is 0 Å².